The van der Waals surface area contributed by atoms with Crippen LogP contribution in [0.4, 0.5) is 10.5 Å². The zero-order chi connectivity index (χ0) is 31.1. The van der Waals surface area contributed by atoms with E-state index in [4.69, 9.17) is 19.9 Å². The number of hydrogen-bond donors (Lipinski definition) is 1. The molecular weight excluding hydrogens is 564 g/mol. The number of ether oxygens (including phenoxy) is 3. The van der Waals surface area contributed by atoms with Crippen LogP contribution < -0.4 is 15.4 Å². The number of anilines is 1. The van der Waals surface area contributed by atoms with E-state index < -0.39 is 23.6 Å². The summed E-state index contributed by atoms with van der Waals surface area (Å²) in [4.78, 5) is 40.4. The van der Waals surface area contributed by atoms with Crippen LogP contribution in [-0.4, -0.2) is 43.8 Å². The highest BCUT2D eigenvalue weighted by Crippen LogP contribution is 2.43. The van der Waals surface area contributed by atoms with Gasteiger partial charge in [0.05, 0.1) is 7.11 Å². The predicted molar refractivity (Wildman–Crippen MR) is 170 cm³/mol. The summed E-state index contributed by atoms with van der Waals surface area (Å²) >= 11 is 1.22. The third kappa shape index (κ3) is 8.60. The van der Waals surface area contributed by atoms with Crippen molar-refractivity contribution in [1.82, 2.24) is 0 Å². The Morgan fingerprint density at radius 1 is 1.02 bits per heavy atom. The number of primary amides is 1. The van der Waals surface area contributed by atoms with Gasteiger partial charge in [-0.25, -0.2) is 14.4 Å². The van der Waals surface area contributed by atoms with Crippen molar-refractivity contribution in [2.75, 3.05) is 25.2 Å². The lowest BCUT2D eigenvalue weighted by Gasteiger charge is -2.33. The fourth-order valence-electron chi connectivity index (χ4n) is 5.77. The highest BCUT2D eigenvalue weighted by atomic mass is 32.1. The standard InChI is InChI=1S/C34H42N2O6S/c1-22-29(41-21-28(37)42-34(2,3)4)31(32(38)40-5)43-30(22)26-15-10-16-27(19-26)36(33(35)39)20-25-14-9-13-24(18-25)17-23-11-7-6-8-12-23/h6-8,10-12,15-16,19,24-25H,9,13-14,17-18,20-21H2,1-5H3,(H2,35,39). The van der Waals surface area contributed by atoms with Crippen molar-refractivity contribution < 1.29 is 28.6 Å². The molecule has 1 saturated carbocycles. The van der Waals surface area contributed by atoms with Crippen LogP contribution >= 0.6 is 11.3 Å². The maximum Gasteiger partial charge on any atom is 0.351 e. The van der Waals surface area contributed by atoms with Gasteiger partial charge < -0.3 is 19.9 Å². The number of carbonyl (C=O) groups excluding carboxylic acids is 3. The van der Waals surface area contributed by atoms with Crippen LogP contribution in [0, 0.1) is 18.8 Å². The molecule has 3 aromatic rings. The summed E-state index contributed by atoms with van der Waals surface area (Å²) in [5, 5.41) is 0. The molecule has 0 aliphatic heterocycles. The van der Waals surface area contributed by atoms with E-state index in [2.05, 4.69) is 24.3 Å². The van der Waals surface area contributed by atoms with Crippen LogP contribution in [0.15, 0.2) is 54.6 Å². The molecule has 1 heterocycles. The first kappa shape index (κ1) is 32.1. The van der Waals surface area contributed by atoms with Crippen molar-refractivity contribution in [3.63, 3.8) is 0 Å². The summed E-state index contributed by atoms with van der Waals surface area (Å²) in [5.41, 5.74) is 8.79. The number of rotatable bonds is 10. The first-order valence-electron chi connectivity index (χ1n) is 14.7. The van der Waals surface area contributed by atoms with E-state index in [-0.39, 0.29) is 17.2 Å². The average Bonchev–Trinajstić information content (AvgIpc) is 3.30. The first-order chi connectivity index (χ1) is 20.4. The number of nitrogens with zero attached hydrogens (tertiary/aromatic N) is 1. The number of hydrogen-bond acceptors (Lipinski definition) is 7. The third-order valence-corrected chi connectivity index (χ3v) is 8.90. The molecule has 2 unspecified atom stereocenters. The van der Waals surface area contributed by atoms with E-state index in [1.54, 1.807) is 25.7 Å². The molecule has 1 aliphatic rings. The van der Waals surface area contributed by atoms with Crippen LogP contribution in [0.2, 0.25) is 0 Å². The molecule has 0 bridgehead atoms. The number of carbonyl (C=O) groups is 3. The molecule has 8 nitrogen and oxygen atoms in total. The molecule has 1 aliphatic carbocycles. The molecule has 1 aromatic heterocycles. The predicted octanol–water partition coefficient (Wildman–Crippen LogP) is 7.16. The Morgan fingerprint density at radius 3 is 2.42 bits per heavy atom. The van der Waals surface area contributed by atoms with Crippen LogP contribution in [0.25, 0.3) is 10.4 Å². The smallest absolute Gasteiger partial charge is 0.351 e. The number of benzene rings is 2. The molecule has 230 valence electrons. The van der Waals surface area contributed by atoms with E-state index in [1.165, 1.54) is 30.4 Å². The molecule has 9 heteroatoms. The van der Waals surface area contributed by atoms with Crippen LogP contribution in [0.1, 0.15) is 67.3 Å². The Kier molecular flexibility index (Phi) is 10.5. The second-order valence-electron chi connectivity index (χ2n) is 12.2. The zero-order valence-electron chi connectivity index (χ0n) is 25.7. The van der Waals surface area contributed by atoms with Crippen LogP contribution in [-0.2, 0) is 20.7 Å². The number of amides is 2. The Balaban J connectivity index is 1.54. The lowest BCUT2D eigenvalue weighted by Crippen LogP contribution is -2.40. The van der Waals surface area contributed by atoms with Gasteiger partial charge in [-0.3, -0.25) is 4.90 Å². The van der Waals surface area contributed by atoms with Crippen LogP contribution in [0.3, 0.4) is 0 Å². The van der Waals surface area contributed by atoms with Gasteiger partial charge in [-0.1, -0.05) is 55.3 Å². The van der Waals surface area contributed by atoms with Gasteiger partial charge in [0, 0.05) is 22.7 Å². The maximum atomic E-state index is 12.7. The SMILES string of the molecule is COC(=O)c1sc(-c2cccc(N(CC3CCCC(Cc4ccccc4)C3)C(N)=O)c2)c(C)c1OCC(=O)OC(C)(C)C. The highest BCUT2D eigenvalue weighted by Gasteiger charge is 2.28. The Morgan fingerprint density at radius 2 is 1.74 bits per heavy atom. The Hall–Kier alpha value is -3.85. The molecule has 43 heavy (non-hydrogen) atoms. The molecule has 2 aromatic carbocycles. The van der Waals surface area contributed by atoms with Gasteiger partial charge in [0.2, 0.25) is 0 Å². The fraction of sp³-hybridized carbons (Fsp3) is 0.441. The minimum absolute atomic E-state index is 0.252. The average molecular weight is 607 g/mol. The lowest BCUT2D eigenvalue weighted by molar-refractivity contribution is -0.157. The van der Waals surface area contributed by atoms with Gasteiger partial charge >= 0.3 is 18.0 Å². The van der Waals surface area contributed by atoms with Crippen molar-refractivity contribution in [3.8, 4) is 16.2 Å². The Bertz CT molecular complexity index is 1430. The Labute approximate surface area is 258 Å². The molecule has 0 radical (unpaired) electrons. The molecule has 4 rings (SSSR count). The van der Waals surface area contributed by atoms with Crippen molar-refractivity contribution in [2.45, 2.75) is 65.4 Å². The highest BCUT2D eigenvalue weighted by molar-refractivity contribution is 7.18. The summed E-state index contributed by atoms with van der Waals surface area (Å²) in [5.74, 6) is 0.105. The lowest BCUT2D eigenvalue weighted by atomic mass is 9.78. The molecule has 2 N–H and O–H groups in total. The van der Waals surface area contributed by atoms with Gasteiger partial charge in [-0.05, 0) is 82.1 Å². The summed E-state index contributed by atoms with van der Waals surface area (Å²) in [6.45, 7) is 7.36. The molecule has 2 atom stereocenters. The van der Waals surface area contributed by atoms with Gasteiger partial charge in [-0.2, -0.15) is 0 Å². The van der Waals surface area contributed by atoms with E-state index in [0.717, 1.165) is 36.1 Å². The van der Waals surface area contributed by atoms with Crippen molar-refractivity contribution in [2.24, 2.45) is 17.6 Å². The van der Waals surface area contributed by atoms with Crippen LogP contribution in [0.5, 0.6) is 5.75 Å². The van der Waals surface area contributed by atoms with Gasteiger partial charge in [0.1, 0.15) is 11.4 Å². The minimum atomic E-state index is -0.659. The number of methoxy groups -OCH3 is 1. The first-order valence-corrected chi connectivity index (χ1v) is 15.5. The second kappa shape index (κ2) is 14.1. The van der Waals surface area contributed by atoms with Gasteiger partial charge in [-0.15, -0.1) is 11.3 Å². The monoisotopic (exact) mass is 606 g/mol. The molecule has 0 saturated heterocycles. The molecule has 1 fully saturated rings. The fourth-order valence-corrected chi connectivity index (χ4v) is 6.94. The topological polar surface area (TPSA) is 108 Å². The van der Waals surface area contributed by atoms with Crippen molar-refractivity contribution in [1.29, 1.82) is 0 Å². The largest absolute Gasteiger partial charge is 0.480 e. The summed E-state index contributed by atoms with van der Waals surface area (Å²) in [6, 6.07) is 17.6. The zero-order valence-corrected chi connectivity index (χ0v) is 26.5. The van der Waals surface area contributed by atoms with Crippen molar-refractivity contribution >= 4 is 35.0 Å². The van der Waals surface area contributed by atoms with Crippen molar-refractivity contribution in [3.05, 3.63) is 70.6 Å². The van der Waals surface area contributed by atoms with Gasteiger partial charge in [0.25, 0.3) is 0 Å². The van der Waals surface area contributed by atoms with E-state index >= 15 is 0 Å². The number of urea groups is 1. The quantitative estimate of drug-likeness (QED) is 0.245. The summed E-state index contributed by atoms with van der Waals surface area (Å²) in [6.07, 6.45) is 5.46. The molecule has 0 spiro atoms. The third-order valence-electron chi connectivity index (χ3n) is 7.60. The van der Waals surface area contributed by atoms with E-state index in [9.17, 15) is 14.4 Å². The molecular formula is C34H42N2O6S. The number of esters is 2. The second-order valence-corrected chi connectivity index (χ2v) is 13.2. The summed E-state index contributed by atoms with van der Waals surface area (Å²) < 4.78 is 16.2. The molecule has 2 amide bonds. The summed E-state index contributed by atoms with van der Waals surface area (Å²) in [7, 11) is 1.30. The van der Waals surface area contributed by atoms with E-state index in [1.807, 2.05) is 37.3 Å². The number of nitrogens with two attached hydrogens (primary N) is 1. The maximum absolute atomic E-state index is 12.7. The van der Waals surface area contributed by atoms with E-state index in [0.29, 0.717) is 29.6 Å². The minimum Gasteiger partial charge on any atom is -0.480 e. The number of thiophene rings is 1. The normalized spacial score (nSPS) is 16.8. The van der Waals surface area contributed by atoms with Gasteiger partial charge in [0.15, 0.2) is 11.5 Å².